The summed E-state index contributed by atoms with van der Waals surface area (Å²) < 4.78 is 32.7. The number of nitrogens with one attached hydrogen (secondary N) is 1. The topological polar surface area (TPSA) is 96.7 Å². The number of fused-ring (bicyclic) bond motifs is 1. The van der Waals surface area contributed by atoms with Gasteiger partial charge in [-0.25, -0.2) is 4.72 Å². The normalized spacial score (nSPS) is 11.7. The van der Waals surface area contributed by atoms with Crippen LogP contribution in [0.1, 0.15) is 15.9 Å². The Balaban J connectivity index is 2.23. The molecule has 1 heterocycles. The van der Waals surface area contributed by atoms with Crippen molar-refractivity contribution in [2.75, 3.05) is 14.1 Å². The van der Waals surface area contributed by atoms with Gasteiger partial charge in [-0.3, -0.25) is 9.59 Å². The van der Waals surface area contributed by atoms with E-state index >= 15 is 0 Å². The lowest BCUT2D eigenvalue weighted by Gasteiger charge is -2.13. The Morgan fingerprint density at radius 3 is 2.33 bits per heavy atom. The van der Waals surface area contributed by atoms with Gasteiger partial charge in [0.25, 0.3) is 5.91 Å². The predicted molar refractivity (Wildman–Crippen MR) is 103 cm³/mol. The molecule has 1 aromatic heterocycles. The van der Waals surface area contributed by atoms with Crippen molar-refractivity contribution in [3.05, 3.63) is 69.9 Å². The third-order valence-electron chi connectivity index (χ3n) is 4.13. The highest BCUT2D eigenvalue weighted by Crippen LogP contribution is 2.27. The van der Waals surface area contributed by atoms with Gasteiger partial charge in [0.1, 0.15) is 5.76 Å². The molecule has 27 heavy (non-hydrogen) atoms. The van der Waals surface area contributed by atoms with Crippen LogP contribution in [-0.4, -0.2) is 32.7 Å². The van der Waals surface area contributed by atoms with Crippen LogP contribution in [0.4, 0.5) is 0 Å². The van der Waals surface area contributed by atoms with Crippen LogP contribution in [-0.2, 0) is 10.2 Å². The summed E-state index contributed by atoms with van der Waals surface area (Å²) in [4.78, 5) is 25.3. The SMILES string of the molecule is Cc1c(-c2ccccc2)oc2c(C(=O)NS(=O)(=O)N(C)C)cccc2c1=O. The van der Waals surface area contributed by atoms with Crippen LogP contribution in [0.3, 0.4) is 0 Å². The second-order valence-electron chi connectivity index (χ2n) is 6.15. The van der Waals surface area contributed by atoms with Crippen molar-refractivity contribution in [2.24, 2.45) is 0 Å². The number of rotatable bonds is 4. The van der Waals surface area contributed by atoms with E-state index in [1.807, 2.05) is 10.8 Å². The van der Waals surface area contributed by atoms with Crippen LogP contribution in [0.2, 0.25) is 0 Å². The van der Waals surface area contributed by atoms with E-state index in [0.29, 0.717) is 16.9 Å². The smallest absolute Gasteiger partial charge is 0.303 e. The van der Waals surface area contributed by atoms with Gasteiger partial charge in [-0.2, -0.15) is 12.7 Å². The first-order valence-electron chi connectivity index (χ1n) is 8.09. The molecule has 3 aromatic rings. The molecule has 0 spiro atoms. The fourth-order valence-electron chi connectivity index (χ4n) is 2.62. The largest absolute Gasteiger partial charge is 0.455 e. The molecule has 8 heteroatoms. The number of hydrogen-bond acceptors (Lipinski definition) is 5. The molecule has 0 aliphatic rings. The first-order valence-corrected chi connectivity index (χ1v) is 9.53. The molecule has 7 nitrogen and oxygen atoms in total. The van der Waals surface area contributed by atoms with E-state index in [0.717, 1.165) is 4.31 Å². The molecule has 0 aliphatic carbocycles. The molecule has 0 unspecified atom stereocenters. The van der Waals surface area contributed by atoms with E-state index < -0.39 is 16.1 Å². The van der Waals surface area contributed by atoms with Crippen molar-refractivity contribution in [3.63, 3.8) is 0 Å². The highest BCUT2D eigenvalue weighted by Gasteiger charge is 2.22. The molecular formula is C19H18N2O5S. The number of carbonyl (C=O) groups excluding carboxylic acids is 1. The Kier molecular flexibility index (Phi) is 4.86. The maximum atomic E-state index is 12.8. The number of nitrogens with zero attached hydrogens (tertiary/aromatic N) is 1. The second-order valence-corrected chi connectivity index (χ2v) is 8.04. The molecule has 1 N–H and O–H groups in total. The lowest BCUT2D eigenvalue weighted by molar-refractivity contribution is 0.0980. The van der Waals surface area contributed by atoms with Crippen molar-refractivity contribution < 1.29 is 17.6 Å². The van der Waals surface area contributed by atoms with Gasteiger partial charge in [-0.05, 0) is 19.1 Å². The van der Waals surface area contributed by atoms with Gasteiger partial charge in [0, 0.05) is 25.2 Å². The monoisotopic (exact) mass is 386 g/mol. The molecule has 0 atom stereocenters. The van der Waals surface area contributed by atoms with Gasteiger partial charge in [0.2, 0.25) is 0 Å². The van der Waals surface area contributed by atoms with Gasteiger partial charge in [0.15, 0.2) is 11.0 Å². The second kappa shape index (κ2) is 6.98. The van der Waals surface area contributed by atoms with Gasteiger partial charge < -0.3 is 4.42 Å². The summed E-state index contributed by atoms with van der Waals surface area (Å²) in [6.45, 7) is 1.65. The maximum absolute atomic E-state index is 12.8. The molecule has 0 saturated heterocycles. The summed E-state index contributed by atoms with van der Waals surface area (Å²) in [5.74, 6) is -0.538. The molecule has 3 rings (SSSR count). The van der Waals surface area contributed by atoms with Crippen LogP contribution in [0, 0.1) is 6.92 Å². The number of benzene rings is 2. The zero-order chi connectivity index (χ0) is 19.8. The summed E-state index contributed by atoms with van der Waals surface area (Å²) >= 11 is 0. The number of amides is 1. The molecule has 0 aliphatic heterocycles. The first-order chi connectivity index (χ1) is 12.7. The molecule has 140 valence electrons. The summed E-state index contributed by atoms with van der Waals surface area (Å²) in [7, 11) is -1.38. The van der Waals surface area contributed by atoms with Crippen molar-refractivity contribution in [3.8, 4) is 11.3 Å². The highest BCUT2D eigenvalue weighted by atomic mass is 32.2. The highest BCUT2D eigenvalue weighted by molar-refractivity contribution is 7.87. The number of carbonyl (C=O) groups is 1. The molecule has 1 amide bonds. The molecule has 0 fully saturated rings. The molecule has 0 radical (unpaired) electrons. The van der Waals surface area contributed by atoms with E-state index in [1.165, 1.54) is 26.2 Å². The van der Waals surface area contributed by atoms with Crippen molar-refractivity contribution in [1.29, 1.82) is 0 Å². The summed E-state index contributed by atoms with van der Waals surface area (Å²) in [6.07, 6.45) is 0. The Morgan fingerprint density at radius 2 is 1.70 bits per heavy atom. The first kappa shape index (κ1) is 18.8. The van der Waals surface area contributed by atoms with Crippen molar-refractivity contribution >= 4 is 27.1 Å². The number of para-hydroxylation sites is 1. The van der Waals surface area contributed by atoms with Crippen LogP contribution in [0.25, 0.3) is 22.3 Å². The predicted octanol–water partition coefficient (Wildman–Crippen LogP) is 2.30. The van der Waals surface area contributed by atoms with Crippen LogP contribution in [0.15, 0.2) is 57.7 Å². The third-order valence-corrected chi connectivity index (χ3v) is 5.53. The van der Waals surface area contributed by atoms with Crippen LogP contribution in [0.5, 0.6) is 0 Å². The van der Waals surface area contributed by atoms with E-state index in [-0.39, 0.29) is 22.0 Å². The Labute approximate surface area is 156 Å². The van der Waals surface area contributed by atoms with Crippen molar-refractivity contribution in [2.45, 2.75) is 6.92 Å². The zero-order valence-electron chi connectivity index (χ0n) is 15.0. The fraction of sp³-hybridized carbons (Fsp3) is 0.158. The third kappa shape index (κ3) is 3.49. The minimum absolute atomic E-state index is 0.0350. The summed E-state index contributed by atoms with van der Waals surface area (Å²) in [5.41, 5.74) is 0.822. The minimum atomic E-state index is -3.98. The summed E-state index contributed by atoms with van der Waals surface area (Å²) in [5, 5.41) is 0.210. The Bertz CT molecular complexity index is 1180. The van der Waals surface area contributed by atoms with E-state index in [4.69, 9.17) is 4.42 Å². The average molecular weight is 386 g/mol. The zero-order valence-corrected chi connectivity index (χ0v) is 15.8. The van der Waals surface area contributed by atoms with E-state index in [1.54, 1.807) is 37.3 Å². The van der Waals surface area contributed by atoms with E-state index in [9.17, 15) is 18.0 Å². The Hall–Kier alpha value is -2.97. The van der Waals surface area contributed by atoms with Gasteiger partial charge >= 0.3 is 10.2 Å². The molecule has 2 aromatic carbocycles. The Morgan fingerprint density at radius 1 is 1.04 bits per heavy atom. The summed E-state index contributed by atoms with van der Waals surface area (Å²) in [6, 6.07) is 13.5. The lowest BCUT2D eigenvalue weighted by atomic mass is 10.0. The van der Waals surface area contributed by atoms with E-state index in [2.05, 4.69) is 0 Å². The fourth-order valence-corrected chi connectivity index (χ4v) is 3.14. The van der Waals surface area contributed by atoms with Gasteiger partial charge in [-0.1, -0.05) is 36.4 Å². The van der Waals surface area contributed by atoms with Crippen molar-refractivity contribution in [1.82, 2.24) is 9.03 Å². The number of hydrogen-bond donors (Lipinski definition) is 1. The molecule has 0 bridgehead atoms. The quantitative estimate of drug-likeness (QED) is 0.742. The van der Waals surface area contributed by atoms with Crippen LogP contribution < -0.4 is 10.2 Å². The maximum Gasteiger partial charge on any atom is 0.303 e. The standard InChI is InChI=1S/C19H18N2O5S/c1-12-16(22)14-10-7-11-15(19(23)20-27(24,25)21(2)3)18(14)26-17(12)13-8-5-4-6-9-13/h4-11H,1-3H3,(H,20,23). The lowest BCUT2D eigenvalue weighted by Crippen LogP contribution is -2.39. The minimum Gasteiger partial charge on any atom is -0.455 e. The average Bonchev–Trinajstić information content (AvgIpc) is 2.64. The molecular weight excluding hydrogens is 368 g/mol. The van der Waals surface area contributed by atoms with Gasteiger partial charge in [0.05, 0.1) is 10.9 Å². The van der Waals surface area contributed by atoms with Crippen LogP contribution >= 0.6 is 0 Å². The molecule has 0 saturated carbocycles. The van der Waals surface area contributed by atoms with Gasteiger partial charge in [-0.15, -0.1) is 0 Å².